The van der Waals surface area contributed by atoms with Crippen LogP contribution in [0.1, 0.15) is 56.6 Å². The third-order valence-electron chi connectivity index (χ3n) is 4.88. The maximum atomic E-state index is 11.6. The molecule has 2 rings (SSSR count). The lowest BCUT2D eigenvalue weighted by Gasteiger charge is -2.28. The van der Waals surface area contributed by atoms with Crippen molar-refractivity contribution in [2.45, 2.75) is 51.9 Å². The Hall–Kier alpha value is -1.81. The zero-order valence-electron chi connectivity index (χ0n) is 15.4. The first-order valence-corrected chi connectivity index (χ1v) is 9.20. The summed E-state index contributed by atoms with van der Waals surface area (Å²) in [5.74, 6) is 1.78. The van der Waals surface area contributed by atoms with Gasteiger partial charge in [-0.1, -0.05) is 32.4 Å². The van der Waals surface area contributed by atoms with Crippen LogP contribution in [-0.4, -0.2) is 30.9 Å². The molecule has 1 aliphatic carbocycles. The first kappa shape index (κ1) is 19.5. The number of benzene rings is 1. The summed E-state index contributed by atoms with van der Waals surface area (Å²) in [7, 11) is 0. The Kier molecular flexibility index (Phi) is 7.51. The molecule has 0 saturated heterocycles. The summed E-state index contributed by atoms with van der Waals surface area (Å²) in [4.78, 5) is 11.6. The summed E-state index contributed by atoms with van der Waals surface area (Å²) < 4.78 is 10.8. The highest BCUT2D eigenvalue weighted by atomic mass is 16.5. The second-order valence-corrected chi connectivity index (χ2v) is 7.06. The van der Waals surface area contributed by atoms with Crippen LogP contribution in [0.5, 0.6) is 5.75 Å². The molecule has 25 heavy (non-hydrogen) atoms. The van der Waals surface area contributed by atoms with Gasteiger partial charge in [0.15, 0.2) is 0 Å². The predicted octanol–water partition coefficient (Wildman–Crippen LogP) is 4.01. The summed E-state index contributed by atoms with van der Waals surface area (Å²) in [6.45, 7) is 8.20. The molecule has 4 heteroatoms. The minimum Gasteiger partial charge on any atom is -0.491 e. The maximum absolute atomic E-state index is 11.6. The van der Waals surface area contributed by atoms with Crippen molar-refractivity contribution in [3.05, 3.63) is 41.5 Å². The maximum Gasteiger partial charge on any atom is 0.333 e. The lowest BCUT2D eigenvalue weighted by atomic mass is 9.78. The third-order valence-corrected chi connectivity index (χ3v) is 4.88. The van der Waals surface area contributed by atoms with Crippen LogP contribution in [0.25, 0.3) is 0 Å². The van der Waals surface area contributed by atoms with E-state index in [2.05, 4.69) is 19.6 Å². The van der Waals surface area contributed by atoms with Crippen LogP contribution in [-0.2, 0) is 16.0 Å². The van der Waals surface area contributed by atoms with E-state index in [1.54, 1.807) is 6.92 Å². The van der Waals surface area contributed by atoms with E-state index in [0.29, 0.717) is 24.5 Å². The van der Waals surface area contributed by atoms with Crippen LogP contribution in [0.15, 0.2) is 30.4 Å². The van der Waals surface area contributed by atoms with Gasteiger partial charge in [0.2, 0.25) is 0 Å². The zero-order valence-corrected chi connectivity index (χ0v) is 15.4. The van der Waals surface area contributed by atoms with E-state index in [1.807, 2.05) is 12.1 Å². The van der Waals surface area contributed by atoms with E-state index in [9.17, 15) is 4.79 Å². The van der Waals surface area contributed by atoms with E-state index < -0.39 is 0 Å². The van der Waals surface area contributed by atoms with Crippen molar-refractivity contribution < 1.29 is 19.4 Å². The number of rotatable bonds is 8. The van der Waals surface area contributed by atoms with Crippen molar-refractivity contribution in [2.24, 2.45) is 5.92 Å². The normalized spacial score (nSPS) is 20.1. The lowest BCUT2D eigenvalue weighted by Crippen LogP contribution is -2.14. The number of aliphatic hydroxyl groups is 1. The average molecular weight is 346 g/mol. The van der Waals surface area contributed by atoms with Crippen molar-refractivity contribution in [1.82, 2.24) is 0 Å². The van der Waals surface area contributed by atoms with Gasteiger partial charge < -0.3 is 14.6 Å². The zero-order chi connectivity index (χ0) is 18.2. The minimum atomic E-state index is -0.347. The van der Waals surface area contributed by atoms with Gasteiger partial charge in [-0.05, 0) is 54.9 Å². The molecule has 0 atom stereocenters. The molecule has 0 radical (unpaired) electrons. The highest BCUT2D eigenvalue weighted by molar-refractivity contribution is 5.86. The molecule has 0 aromatic heterocycles. The largest absolute Gasteiger partial charge is 0.491 e. The molecule has 1 aliphatic rings. The number of carbonyl (C=O) groups is 1. The first-order chi connectivity index (χ1) is 12.0. The van der Waals surface area contributed by atoms with E-state index >= 15 is 0 Å². The molecule has 0 spiro atoms. The van der Waals surface area contributed by atoms with E-state index in [4.69, 9.17) is 14.6 Å². The Labute approximate surface area is 150 Å². The summed E-state index contributed by atoms with van der Waals surface area (Å²) in [5.41, 5.74) is 2.93. The molecule has 0 aliphatic heterocycles. The Morgan fingerprint density at radius 2 is 1.96 bits per heavy atom. The average Bonchev–Trinajstić information content (AvgIpc) is 2.60. The predicted molar refractivity (Wildman–Crippen MR) is 98.9 cm³/mol. The van der Waals surface area contributed by atoms with Crippen LogP contribution in [0, 0.1) is 5.92 Å². The van der Waals surface area contributed by atoms with Crippen LogP contribution < -0.4 is 4.74 Å². The Morgan fingerprint density at radius 3 is 2.60 bits per heavy atom. The SMILES string of the molecule is C=C(C)C(=O)OCCc1cc(OCCO)ccc1C1CCC(C)CC1. The molecule has 1 fully saturated rings. The molecule has 0 bridgehead atoms. The molecule has 0 unspecified atom stereocenters. The van der Waals surface area contributed by atoms with Gasteiger partial charge in [-0.2, -0.15) is 0 Å². The quantitative estimate of drug-likeness (QED) is 0.571. The van der Waals surface area contributed by atoms with Crippen molar-refractivity contribution in [3.8, 4) is 5.75 Å². The van der Waals surface area contributed by atoms with Gasteiger partial charge in [0.05, 0.1) is 13.2 Å². The monoisotopic (exact) mass is 346 g/mol. The molecular formula is C21H30O4. The number of ether oxygens (including phenoxy) is 2. The smallest absolute Gasteiger partial charge is 0.333 e. The topological polar surface area (TPSA) is 55.8 Å². The fourth-order valence-electron chi connectivity index (χ4n) is 3.40. The van der Waals surface area contributed by atoms with E-state index in [0.717, 1.165) is 11.7 Å². The Bertz CT molecular complexity index is 586. The number of esters is 1. The molecule has 1 aromatic carbocycles. The molecule has 1 N–H and O–H groups in total. The van der Waals surface area contributed by atoms with Gasteiger partial charge in [0, 0.05) is 12.0 Å². The van der Waals surface area contributed by atoms with Crippen molar-refractivity contribution >= 4 is 5.97 Å². The summed E-state index contributed by atoms with van der Waals surface area (Å²) in [6, 6.07) is 6.15. The van der Waals surface area contributed by atoms with Crippen LogP contribution in [0.2, 0.25) is 0 Å². The molecule has 0 heterocycles. The Balaban J connectivity index is 2.10. The molecular weight excluding hydrogens is 316 g/mol. The van der Waals surface area contributed by atoms with Crippen molar-refractivity contribution in [2.75, 3.05) is 19.8 Å². The highest BCUT2D eigenvalue weighted by Gasteiger charge is 2.22. The number of hydrogen-bond donors (Lipinski definition) is 1. The number of aliphatic hydroxyl groups excluding tert-OH is 1. The van der Waals surface area contributed by atoms with Crippen LogP contribution in [0.3, 0.4) is 0 Å². The van der Waals surface area contributed by atoms with Gasteiger partial charge in [0.25, 0.3) is 0 Å². The molecule has 1 aromatic rings. The number of carbonyl (C=O) groups excluding carboxylic acids is 1. The summed E-state index contributed by atoms with van der Waals surface area (Å²) in [6.07, 6.45) is 5.60. The second kappa shape index (κ2) is 9.62. The molecule has 4 nitrogen and oxygen atoms in total. The second-order valence-electron chi connectivity index (χ2n) is 7.06. The van der Waals surface area contributed by atoms with Gasteiger partial charge in [-0.3, -0.25) is 0 Å². The standard InChI is InChI=1S/C21H30O4/c1-15(2)21(23)25-12-10-18-14-19(24-13-11-22)8-9-20(18)17-6-4-16(3)5-7-17/h8-9,14,16-17,22H,1,4-7,10-13H2,2-3H3. The van der Waals surface area contributed by atoms with Crippen LogP contribution in [0.4, 0.5) is 0 Å². The van der Waals surface area contributed by atoms with Gasteiger partial charge in [-0.25, -0.2) is 4.79 Å². The lowest BCUT2D eigenvalue weighted by molar-refractivity contribution is -0.138. The van der Waals surface area contributed by atoms with Crippen molar-refractivity contribution in [3.63, 3.8) is 0 Å². The highest BCUT2D eigenvalue weighted by Crippen LogP contribution is 2.38. The molecule has 1 saturated carbocycles. The number of hydrogen-bond acceptors (Lipinski definition) is 4. The first-order valence-electron chi connectivity index (χ1n) is 9.20. The van der Waals surface area contributed by atoms with Gasteiger partial charge in [0.1, 0.15) is 12.4 Å². The third kappa shape index (κ3) is 5.89. The molecule has 138 valence electrons. The fourth-order valence-corrected chi connectivity index (χ4v) is 3.40. The fraction of sp³-hybridized carbons (Fsp3) is 0.571. The van der Waals surface area contributed by atoms with Gasteiger partial charge >= 0.3 is 5.97 Å². The van der Waals surface area contributed by atoms with Crippen molar-refractivity contribution in [1.29, 1.82) is 0 Å². The van der Waals surface area contributed by atoms with E-state index in [1.165, 1.54) is 36.8 Å². The molecule has 0 amide bonds. The summed E-state index contributed by atoms with van der Waals surface area (Å²) in [5, 5.41) is 8.94. The van der Waals surface area contributed by atoms with Crippen LogP contribution >= 0.6 is 0 Å². The minimum absolute atomic E-state index is 0.00613. The summed E-state index contributed by atoms with van der Waals surface area (Å²) >= 11 is 0. The van der Waals surface area contributed by atoms with E-state index in [-0.39, 0.29) is 19.2 Å². The Morgan fingerprint density at radius 1 is 1.24 bits per heavy atom. The van der Waals surface area contributed by atoms with Gasteiger partial charge in [-0.15, -0.1) is 0 Å².